The van der Waals surface area contributed by atoms with Gasteiger partial charge in [-0.15, -0.1) is 0 Å². The Labute approximate surface area is 108 Å². The number of hydrogen-bond donors (Lipinski definition) is 1. The van der Waals surface area contributed by atoms with Gasteiger partial charge in [-0.25, -0.2) is 0 Å². The summed E-state index contributed by atoms with van der Waals surface area (Å²) in [7, 11) is 0. The first kappa shape index (κ1) is 12.7. The number of hydrogen-bond acceptors (Lipinski definition) is 4. The van der Waals surface area contributed by atoms with Crippen LogP contribution >= 0.6 is 11.6 Å². The van der Waals surface area contributed by atoms with Crippen LogP contribution in [-0.2, 0) is 13.2 Å². The second-order valence-electron chi connectivity index (χ2n) is 3.61. The van der Waals surface area contributed by atoms with Crippen molar-refractivity contribution in [3.8, 4) is 5.75 Å². The molecule has 0 atom stereocenters. The first-order valence-corrected chi connectivity index (χ1v) is 5.67. The maximum absolute atomic E-state index is 11.6. The Morgan fingerprint density at radius 1 is 1.33 bits per heavy atom. The maximum atomic E-state index is 11.6. The van der Waals surface area contributed by atoms with Crippen molar-refractivity contribution in [3.05, 3.63) is 63.2 Å². The number of rotatable bonds is 4. The van der Waals surface area contributed by atoms with E-state index in [1.54, 1.807) is 6.07 Å². The van der Waals surface area contributed by atoms with Crippen molar-refractivity contribution in [3.63, 3.8) is 0 Å². The van der Waals surface area contributed by atoms with Gasteiger partial charge in [0.15, 0.2) is 0 Å². The quantitative estimate of drug-likeness (QED) is 0.923. The monoisotopic (exact) mass is 266 g/mol. The molecule has 1 aromatic carbocycles. The summed E-state index contributed by atoms with van der Waals surface area (Å²) in [5.74, 6) is 0.289. The molecule has 0 spiro atoms. The molecule has 0 aliphatic rings. The van der Waals surface area contributed by atoms with E-state index in [4.69, 9.17) is 25.9 Å². The fourth-order valence-electron chi connectivity index (χ4n) is 1.40. The summed E-state index contributed by atoms with van der Waals surface area (Å²) in [5, 5.41) is 9.38. The Kier molecular flexibility index (Phi) is 4.02. The highest BCUT2D eigenvalue weighted by Gasteiger charge is 2.05. The molecule has 1 N–H and O–H groups in total. The van der Waals surface area contributed by atoms with Crippen molar-refractivity contribution >= 4 is 11.6 Å². The fraction of sp³-hybridized carbons (Fsp3) is 0.154. The van der Waals surface area contributed by atoms with Crippen LogP contribution in [0.1, 0.15) is 11.3 Å². The molecule has 0 aliphatic heterocycles. The van der Waals surface area contributed by atoms with E-state index in [0.717, 1.165) is 5.56 Å². The zero-order valence-corrected chi connectivity index (χ0v) is 10.2. The van der Waals surface area contributed by atoms with Gasteiger partial charge in [-0.05, 0) is 6.07 Å². The second kappa shape index (κ2) is 5.71. The van der Waals surface area contributed by atoms with Crippen LogP contribution in [0.2, 0.25) is 5.02 Å². The van der Waals surface area contributed by atoms with Crippen LogP contribution in [0, 0.1) is 0 Å². The molecule has 4 nitrogen and oxygen atoms in total. The van der Waals surface area contributed by atoms with E-state index in [1.807, 2.05) is 18.2 Å². The van der Waals surface area contributed by atoms with E-state index in [1.165, 1.54) is 12.3 Å². The van der Waals surface area contributed by atoms with Crippen LogP contribution in [0.15, 0.2) is 45.8 Å². The average Bonchev–Trinajstić information content (AvgIpc) is 2.39. The molecule has 0 amide bonds. The highest BCUT2D eigenvalue weighted by atomic mass is 35.5. The molecule has 5 heteroatoms. The van der Waals surface area contributed by atoms with Crippen molar-refractivity contribution in [2.45, 2.75) is 13.2 Å². The summed E-state index contributed by atoms with van der Waals surface area (Å²) in [6.07, 6.45) is 1.19. The van der Waals surface area contributed by atoms with Gasteiger partial charge < -0.3 is 14.3 Å². The third-order valence-electron chi connectivity index (χ3n) is 2.35. The molecule has 0 bridgehead atoms. The predicted octanol–water partition coefficient (Wildman–Crippen LogP) is 2.36. The molecule has 0 unspecified atom stereocenters. The van der Waals surface area contributed by atoms with Crippen molar-refractivity contribution in [1.82, 2.24) is 0 Å². The van der Waals surface area contributed by atoms with Crippen molar-refractivity contribution in [2.24, 2.45) is 0 Å². The van der Waals surface area contributed by atoms with Crippen LogP contribution in [0.4, 0.5) is 0 Å². The number of ether oxygens (including phenoxy) is 1. The van der Waals surface area contributed by atoms with Crippen LogP contribution in [-0.4, -0.2) is 5.11 Å². The molecular weight excluding hydrogens is 256 g/mol. The molecule has 1 heterocycles. The van der Waals surface area contributed by atoms with Crippen molar-refractivity contribution in [2.75, 3.05) is 0 Å². The molecule has 0 saturated heterocycles. The average molecular weight is 267 g/mol. The fourth-order valence-corrected chi connectivity index (χ4v) is 1.59. The predicted molar refractivity (Wildman–Crippen MR) is 66.7 cm³/mol. The Morgan fingerprint density at radius 2 is 2.11 bits per heavy atom. The maximum Gasteiger partial charge on any atom is 0.227 e. The molecule has 0 radical (unpaired) electrons. The minimum atomic E-state index is -0.336. The molecular formula is C13H11ClO4. The molecule has 0 aliphatic carbocycles. The van der Waals surface area contributed by atoms with Crippen LogP contribution < -0.4 is 10.2 Å². The minimum Gasteiger partial charge on any atom is -0.482 e. The van der Waals surface area contributed by atoms with Gasteiger partial charge in [0.25, 0.3) is 0 Å². The summed E-state index contributed by atoms with van der Waals surface area (Å²) in [6, 6.07) is 8.41. The lowest BCUT2D eigenvalue weighted by Crippen LogP contribution is -2.08. The number of halogens is 1. The lowest BCUT2D eigenvalue weighted by Gasteiger charge is -2.06. The van der Waals surface area contributed by atoms with E-state index >= 15 is 0 Å². The molecule has 2 aromatic rings. The topological polar surface area (TPSA) is 59.7 Å². The largest absolute Gasteiger partial charge is 0.482 e. The highest BCUT2D eigenvalue weighted by molar-refractivity contribution is 6.31. The highest BCUT2D eigenvalue weighted by Crippen LogP contribution is 2.17. The molecule has 18 heavy (non-hydrogen) atoms. The standard InChI is InChI=1S/C13H11ClO4/c14-11-4-2-1-3-9(11)7-18-13-8-17-10(6-15)5-12(13)16/h1-5,8,15H,6-7H2. The molecule has 0 saturated carbocycles. The van der Waals surface area contributed by atoms with Gasteiger partial charge in [0.1, 0.15) is 25.2 Å². The zero-order chi connectivity index (χ0) is 13.0. The lowest BCUT2D eigenvalue weighted by atomic mass is 10.2. The van der Waals surface area contributed by atoms with E-state index in [2.05, 4.69) is 0 Å². The third kappa shape index (κ3) is 2.91. The summed E-state index contributed by atoms with van der Waals surface area (Å²) in [6.45, 7) is -0.136. The van der Waals surface area contributed by atoms with Crippen LogP contribution in [0.5, 0.6) is 5.75 Å². The summed E-state index contributed by atoms with van der Waals surface area (Å²) < 4.78 is 10.3. The minimum absolute atomic E-state index is 0.0899. The van der Waals surface area contributed by atoms with Crippen LogP contribution in [0.25, 0.3) is 0 Å². The van der Waals surface area contributed by atoms with Gasteiger partial charge >= 0.3 is 0 Å². The van der Waals surface area contributed by atoms with Crippen LogP contribution in [0.3, 0.4) is 0 Å². The van der Waals surface area contributed by atoms with E-state index < -0.39 is 0 Å². The normalized spacial score (nSPS) is 10.3. The van der Waals surface area contributed by atoms with Gasteiger partial charge in [-0.3, -0.25) is 4.79 Å². The SMILES string of the molecule is O=c1cc(CO)occ1OCc1ccccc1Cl. The van der Waals surface area contributed by atoms with Gasteiger partial charge in [0.2, 0.25) is 11.2 Å². The van der Waals surface area contributed by atoms with E-state index in [9.17, 15) is 4.79 Å². The van der Waals surface area contributed by atoms with Gasteiger partial charge in [-0.1, -0.05) is 29.8 Å². The van der Waals surface area contributed by atoms with Crippen molar-refractivity contribution < 1.29 is 14.3 Å². The Hall–Kier alpha value is -1.78. The Bertz CT molecular complexity index is 592. The summed E-state index contributed by atoms with van der Waals surface area (Å²) in [5.41, 5.74) is 0.446. The lowest BCUT2D eigenvalue weighted by molar-refractivity contribution is 0.236. The van der Waals surface area contributed by atoms with Crippen molar-refractivity contribution in [1.29, 1.82) is 0 Å². The molecule has 1 aromatic heterocycles. The van der Waals surface area contributed by atoms with Gasteiger partial charge in [0, 0.05) is 16.7 Å². The van der Waals surface area contributed by atoms with Gasteiger partial charge in [-0.2, -0.15) is 0 Å². The molecule has 0 fully saturated rings. The zero-order valence-electron chi connectivity index (χ0n) is 9.43. The first-order valence-electron chi connectivity index (χ1n) is 5.29. The molecule has 2 rings (SSSR count). The van der Waals surface area contributed by atoms with E-state index in [0.29, 0.717) is 5.02 Å². The molecule has 94 valence electrons. The second-order valence-corrected chi connectivity index (χ2v) is 4.02. The Morgan fingerprint density at radius 3 is 2.78 bits per heavy atom. The summed E-state index contributed by atoms with van der Waals surface area (Å²) in [4.78, 5) is 11.6. The number of benzene rings is 1. The number of aliphatic hydroxyl groups excluding tert-OH is 1. The van der Waals surface area contributed by atoms with Gasteiger partial charge in [0.05, 0.1) is 0 Å². The number of aliphatic hydroxyl groups is 1. The van der Waals surface area contributed by atoms with E-state index in [-0.39, 0.29) is 30.2 Å². The Balaban J connectivity index is 2.11. The first-order chi connectivity index (χ1) is 8.70. The smallest absolute Gasteiger partial charge is 0.227 e. The summed E-state index contributed by atoms with van der Waals surface area (Å²) >= 11 is 5.96. The third-order valence-corrected chi connectivity index (χ3v) is 2.72.